The first-order valence-electron chi connectivity index (χ1n) is 6.70. The van der Waals surface area contributed by atoms with Crippen LogP contribution in [0.15, 0.2) is 18.6 Å². The topological polar surface area (TPSA) is 88.5 Å². The number of hydrogen-bond acceptors (Lipinski definition) is 5. The summed E-state index contributed by atoms with van der Waals surface area (Å²) in [4.78, 5) is 22.0. The van der Waals surface area contributed by atoms with Crippen LogP contribution < -0.4 is 16.0 Å². The Labute approximate surface area is 117 Å². The van der Waals surface area contributed by atoms with Gasteiger partial charge in [-0.2, -0.15) is 0 Å². The van der Waals surface area contributed by atoms with Gasteiger partial charge in [0.05, 0.1) is 12.7 Å². The SMILES string of the molecule is CCCCN(CC(N)=O)c1nc(NC)cn2ccnc12. The van der Waals surface area contributed by atoms with Gasteiger partial charge in [0.15, 0.2) is 11.5 Å². The molecule has 7 nitrogen and oxygen atoms in total. The zero-order valence-corrected chi connectivity index (χ0v) is 11.8. The van der Waals surface area contributed by atoms with E-state index < -0.39 is 0 Å². The number of rotatable bonds is 7. The molecule has 0 aromatic carbocycles. The fourth-order valence-corrected chi connectivity index (χ4v) is 2.04. The zero-order valence-electron chi connectivity index (χ0n) is 11.8. The Morgan fingerprint density at radius 3 is 3.00 bits per heavy atom. The lowest BCUT2D eigenvalue weighted by molar-refractivity contribution is -0.116. The molecular weight excluding hydrogens is 256 g/mol. The Morgan fingerprint density at radius 2 is 2.35 bits per heavy atom. The first-order chi connectivity index (χ1) is 9.65. The van der Waals surface area contributed by atoms with Gasteiger partial charge in [-0.15, -0.1) is 0 Å². The Balaban J connectivity index is 2.44. The number of carbonyl (C=O) groups excluding carboxylic acids is 1. The molecule has 7 heteroatoms. The molecule has 3 N–H and O–H groups in total. The maximum Gasteiger partial charge on any atom is 0.237 e. The maximum atomic E-state index is 11.3. The van der Waals surface area contributed by atoms with Crippen LogP contribution in [0.4, 0.5) is 11.6 Å². The third-order valence-electron chi connectivity index (χ3n) is 3.04. The minimum Gasteiger partial charge on any atom is -0.372 e. The minimum atomic E-state index is -0.373. The molecule has 1 amide bonds. The van der Waals surface area contributed by atoms with Gasteiger partial charge < -0.3 is 20.4 Å². The fourth-order valence-electron chi connectivity index (χ4n) is 2.04. The van der Waals surface area contributed by atoms with E-state index in [1.165, 1.54) is 0 Å². The Morgan fingerprint density at radius 1 is 1.55 bits per heavy atom. The molecule has 20 heavy (non-hydrogen) atoms. The number of primary amides is 1. The minimum absolute atomic E-state index is 0.142. The molecular formula is C13H20N6O. The van der Waals surface area contributed by atoms with Crippen LogP contribution in [0.5, 0.6) is 0 Å². The van der Waals surface area contributed by atoms with Crippen molar-refractivity contribution in [3.63, 3.8) is 0 Å². The van der Waals surface area contributed by atoms with E-state index in [1.54, 1.807) is 13.2 Å². The summed E-state index contributed by atoms with van der Waals surface area (Å²) in [5.41, 5.74) is 6.06. The molecule has 0 bridgehead atoms. The Kier molecular flexibility index (Phi) is 4.39. The normalized spacial score (nSPS) is 10.7. The summed E-state index contributed by atoms with van der Waals surface area (Å²) >= 11 is 0. The van der Waals surface area contributed by atoms with Crippen LogP contribution in [-0.2, 0) is 4.79 Å². The molecule has 108 valence electrons. The maximum absolute atomic E-state index is 11.3. The molecule has 0 aliphatic carbocycles. The molecule has 0 spiro atoms. The van der Waals surface area contributed by atoms with E-state index in [0.717, 1.165) is 30.9 Å². The second-order valence-corrected chi connectivity index (χ2v) is 4.60. The Bertz CT molecular complexity index is 594. The number of nitrogens with zero attached hydrogens (tertiary/aromatic N) is 4. The summed E-state index contributed by atoms with van der Waals surface area (Å²) in [5, 5.41) is 3.01. The van der Waals surface area contributed by atoms with Crippen LogP contribution in [0.2, 0.25) is 0 Å². The van der Waals surface area contributed by atoms with Crippen molar-refractivity contribution in [1.82, 2.24) is 14.4 Å². The van der Waals surface area contributed by atoms with Crippen LogP contribution in [-0.4, -0.2) is 40.4 Å². The lowest BCUT2D eigenvalue weighted by atomic mass is 10.3. The van der Waals surface area contributed by atoms with E-state index in [1.807, 2.05) is 21.7 Å². The van der Waals surface area contributed by atoms with E-state index in [2.05, 4.69) is 22.2 Å². The van der Waals surface area contributed by atoms with Crippen LogP contribution in [0.3, 0.4) is 0 Å². The first kappa shape index (κ1) is 14.1. The van der Waals surface area contributed by atoms with E-state index in [4.69, 9.17) is 5.73 Å². The average Bonchev–Trinajstić information content (AvgIpc) is 2.90. The summed E-state index contributed by atoms with van der Waals surface area (Å²) < 4.78 is 1.88. The van der Waals surface area contributed by atoms with Gasteiger partial charge in [0.1, 0.15) is 5.82 Å². The van der Waals surface area contributed by atoms with Crippen molar-refractivity contribution in [3.05, 3.63) is 18.6 Å². The number of anilines is 2. The predicted molar refractivity (Wildman–Crippen MR) is 78.8 cm³/mol. The molecule has 0 saturated heterocycles. The van der Waals surface area contributed by atoms with Gasteiger partial charge in [-0.1, -0.05) is 13.3 Å². The number of hydrogen-bond donors (Lipinski definition) is 2. The summed E-state index contributed by atoms with van der Waals surface area (Å²) in [6, 6.07) is 0. The summed E-state index contributed by atoms with van der Waals surface area (Å²) in [6.45, 7) is 2.97. The highest BCUT2D eigenvalue weighted by molar-refractivity contribution is 5.81. The van der Waals surface area contributed by atoms with Gasteiger partial charge in [-0.05, 0) is 6.42 Å². The highest BCUT2D eigenvalue weighted by Gasteiger charge is 2.16. The number of aromatic nitrogens is 3. The molecule has 0 atom stereocenters. The van der Waals surface area contributed by atoms with Gasteiger partial charge in [-0.25, -0.2) is 9.97 Å². The molecule has 0 aliphatic rings. The van der Waals surface area contributed by atoms with Crippen molar-refractivity contribution >= 4 is 23.2 Å². The van der Waals surface area contributed by atoms with E-state index >= 15 is 0 Å². The summed E-state index contributed by atoms with van der Waals surface area (Å²) in [5.74, 6) is 1.02. The van der Waals surface area contributed by atoms with Gasteiger partial charge in [0.25, 0.3) is 0 Å². The third kappa shape index (κ3) is 2.98. The van der Waals surface area contributed by atoms with Crippen molar-refractivity contribution in [2.45, 2.75) is 19.8 Å². The molecule has 0 fully saturated rings. The smallest absolute Gasteiger partial charge is 0.237 e. The summed E-state index contributed by atoms with van der Waals surface area (Å²) in [6.07, 6.45) is 7.41. The number of unbranched alkanes of at least 4 members (excludes halogenated alkanes) is 1. The zero-order chi connectivity index (χ0) is 14.5. The lowest BCUT2D eigenvalue weighted by Gasteiger charge is -2.22. The second-order valence-electron chi connectivity index (χ2n) is 4.60. The lowest BCUT2D eigenvalue weighted by Crippen LogP contribution is -2.35. The molecule has 0 unspecified atom stereocenters. The van der Waals surface area contributed by atoms with Crippen LogP contribution in [0.1, 0.15) is 19.8 Å². The van der Waals surface area contributed by atoms with Crippen LogP contribution >= 0.6 is 0 Å². The largest absolute Gasteiger partial charge is 0.372 e. The molecule has 2 rings (SSSR count). The van der Waals surface area contributed by atoms with Crippen molar-refractivity contribution in [2.24, 2.45) is 5.73 Å². The second kappa shape index (κ2) is 6.23. The highest BCUT2D eigenvalue weighted by Crippen LogP contribution is 2.20. The van der Waals surface area contributed by atoms with Gasteiger partial charge >= 0.3 is 0 Å². The molecule has 0 aliphatic heterocycles. The molecule has 2 aromatic heterocycles. The number of fused-ring (bicyclic) bond motifs is 1. The van der Waals surface area contributed by atoms with E-state index in [0.29, 0.717) is 5.82 Å². The molecule has 0 radical (unpaired) electrons. The molecule has 0 saturated carbocycles. The third-order valence-corrected chi connectivity index (χ3v) is 3.04. The monoisotopic (exact) mass is 276 g/mol. The van der Waals surface area contributed by atoms with Crippen molar-refractivity contribution < 1.29 is 4.79 Å². The van der Waals surface area contributed by atoms with E-state index in [-0.39, 0.29) is 12.5 Å². The van der Waals surface area contributed by atoms with Crippen molar-refractivity contribution in [1.29, 1.82) is 0 Å². The average molecular weight is 276 g/mol. The van der Waals surface area contributed by atoms with Gasteiger partial charge in [0, 0.05) is 26.0 Å². The molecule has 2 heterocycles. The molecule has 2 aromatic rings. The van der Waals surface area contributed by atoms with Crippen LogP contribution in [0, 0.1) is 0 Å². The summed E-state index contributed by atoms with van der Waals surface area (Å²) in [7, 11) is 1.80. The number of nitrogens with one attached hydrogen (secondary N) is 1. The highest BCUT2D eigenvalue weighted by atomic mass is 16.1. The van der Waals surface area contributed by atoms with Crippen molar-refractivity contribution in [3.8, 4) is 0 Å². The standard InChI is InChI=1S/C13H20N6O/c1-3-4-6-18(8-10(14)20)13-12-16-5-7-19(12)9-11(15-2)17-13/h5,7,9,15H,3-4,6,8H2,1-2H3,(H2,14,20). The van der Waals surface area contributed by atoms with Crippen LogP contribution in [0.25, 0.3) is 5.65 Å². The number of imidazole rings is 1. The first-order valence-corrected chi connectivity index (χ1v) is 6.70. The van der Waals surface area contributed by atoms with Gasteiger partial charge in [-0.3, -0.25) is 4.79 Å². The predicted octanol–water partition coefficient (Wildman–Crippen LogP) is 0.863. The quantitative estimate of drug-likeness (QED) is 0.783. The number of carbonyl (C=O) groups is 1. The van der Waals surface area contributed by atoms with Gasteiger partial charge in [0.2, 0.25) is 5.91 Å². The number of nitrogens with two attached hydrogens (primary N) is 1. The fraction of sp³-hybridized carbons (Fsp3) is 0.462. The number of amides is 1. The Hall–Kier alpha value is -2.31. The van der Waals surface area contributed by atoms with E-state index in [9.17, 15) is 4.79 Å². The van der Waals surface area contributed by atoms with Crippen molar-refractivity contribution in [2.75, 3.05) is 30.4 Å².